The van der Waals surface area contributed by atoms with E-state index in [1.54, 1.807) is 6.33 Å². The fourth-order valence-electron chi connectivity index (χ4n) is 4.86. The van der Waals surface area contributed by atoms with E-state index in [9.17, 15) is 9.59 Å². The van der Waals surface area contributed by atoms with Gasteiger partial charge in [0.15, 0.2) is 5.82 Å². The van der Waals surface area contributed by atoms with Gasteiger partial charge in [-0.25, -0.2) is 24.2 Å². The number of hydrogen-bond donors (Lipinski definition) is 0. The second-order valence-electron chi connectivity index (χ2n) is 10.9. The topological polar surface area (TPSA) is 114 Å². The summed E-state index contributed by atoms with van der Waals surface area (Å²) in [4.78, 5) is 36.4. The lowest BCUT2D eigenvalue weighted by molar-refractivity contribution is -0.136. The van der Waals surface area contributed by atoms with E-state index in [1.165, 1.54) is 12.0 Å². The molecular weight excluding hydrogens is 500 g/mol. The third kappa shape index (κ3) is 5.25. The van der Waals surface area contributed by atoms with Crippen molar-refractivity contribution in [2.75, 3.05) is 26.8 Å². The zero-order valence-corrected chi connectivity index (χ0v) is 23.2. The Hall–Kier alpha value is -4.15. The Labute approximate surface area is 227 Å². The van der Waals surface area contributed by atoms with Crippen LogP contribution in [-0.4, -0.2) is 73.7 Å². The summed E-state index contributed by atoms with van der Waals surface area (Å²) in [7, 11) is 1.34. The molecule has 0 N–H and O–H groups in total. The number of nitrogens with zero attached hydrogens (tertiary/aromatic N) is 6. The molecule has 1 amide bonds. The van der Waals surface area contributed by atoms with Crippen LogP contribution >= 0.6 is 0 Å². The zero-order chi connectivity index (χ0) is 27.9. The SMILES string of the molecule is COC(=O)C1=C(c2ccc3c(c2)OCCn2cc(-c4ncnn4C(C)C)nc2-3)CCN(C(=O)OC(C)(C)C)C1. The van der Waals surface area contributed by atoms with Crippen LogP contribution in [0.3, 0.4) is 0 Å². The van der Waals surface area contributed by atoms with Crippen LogP contribution in [0.15, 0.2) is 36.3 Å². The minimum atomic E-state index is -0.628. The second-order valence-corrected chi connectivity index (χ2v) is 10.9. The number of amides is 1. The van der Waals surface area contributed by atoms with E-state index in [4.69, 9.17) is 19.2 Å². The molecular formula is C28H34N6O5. The molecule has 2 aromatic heterocycles. The molecule has 0 aliphatic carbocycles. The molecule has 206 valence electrons. The Balaban J connectivity index is 1.49. The van der Waals surface area contributed by atoms with Crippen molar-refractivity contribution >= 4 is 17.6 Å². The summed E-state index contributed by atoms with van der Waals surface area (Å²) in [5.74, 6) is 1.71. The molecule has 0 saturated heterocycles. The predicted molar refractivity (Wildman–Crippen MR) is 144 cm³/mol. The van der Waals surface area contributed by atoms with Crippen LogP contribution in [0.2, 0.25) is 0 Å². The van der Waals surface area contributed by atoms with Gasteiger partial charge in [-0.2, -0.15) is 5.10 Å². The second kappa shape index (κ2) is 10.2. The zero-order valence-electron chi connectivity index (χ0n) is 23.2. The van der Waals surface area contributed by atoms with Crippen molar-refractivity contribution in [3.8, 4) is 28.7 Å². The standard InChI is InChI=1S/C28H34N6O5/c1-17(2)34-25(29-16-30-34)22-15-32-11-12-38-23-13-18(7-8-20(23)24(32)31-22)19-9-10-33(14-21(19)26(35)37-6)27(36)39-28(3,4)5/h7-8,13,15-17H,9-12,14H2,1-6H3. The van der Waals surface area contributed by atoms with Crippen LogP contribution in [0.25, 0.3) is 28.5 Å². The lowest BCUT2D eigenvalue weighted by Gasteiger charge is -2.32. The van der Waals surface area contributed by atoms with Gasteiger partial charge in [-0.3, -0.25) is 0 Å². The van der Waals surface area contributed by atoms with Crippen molar-refractivity contribution in [3.05, 3.63) is 41.9 Å². The Bertz CT molecular complexity index is 1440. The maximum Gasteiger partial charge on any atom is 0.410 e. The van der Waals surface area contributed by atoms with Crippen molar-refractivity contribution in [2.45, 2.75) is 59.2 Å². The summed E-state index contributed by atoms with van der Waals surface area (Å²) < 4.78 is 20.7. The van der Waals surface area contributed by atoms with Gasteiger partial charge in [-0.1, -0.05) is 6.07 Å². The fraction of sp³-hybridized carbons (Fsp3) is 0.464. The highest BCUT2D eigenvalue weighted by atomic mass is 16.6. The Morgan fingerprint density at radius 2 is 1.92 bits per heavy atom. The molecule has 11 heteroatoms. The van der Waals surface area contributed by atoms with Crippen molar-refractivity contribution in [1.29, 1.82) is 0 Å². The normalized spacial score (nSPS) is 15.4. The summed E-state index contributed by atoms with van der Waals surface area (Å²) in [6.07, 6.45) is 3.55. The third-order valence-electron chi connectivity index (χ3n) is 6.66. The van der Waals surface area contributed by atoms with E-state index < -0.39 is 17.7 Å². The van der Waals surface area contributed by atoms with E-state index >= 15 is 0 Å². The fourth-order valence-corrected chi connectivity index (χ4v) is 4.86. The van der Waals surface area contributed by atoms with Gasteiger partial charge in [0.05, 0.1) is 31.3 Å². The lowest BCUT2D eigenvalue weighted by atomic mass is 9.92. The van der Waals surface area contributed by atoms with Crippen LogP contribution in [0.1, 0.15) is 52.6 Å². The van der Waals surface area contributed by atoms with Crippen molar-refractivity contribution in [2.24, 2.45) is 0 Å². The largest absolute Gasteiger partial charge is 0.491 e. The average molecular weight is 535 g/mol. The molecule has 39 heavy (non-hydrogen) atoms. The number of fused-ring (bicyclic) bond motifs is 3. The Morgan fingerprint density at radius 1 is 1.13 bits per heavy atom. The van der Waals surface area contributed by atoms with Crippen molar-refractivity contribution < 1.29 is 23.8 Å². The minimum absolute atomic E-state index is 0.110. The molecule has 0 fully saturated rings. The van der Waals surface area contributed by atoms with Crippen LogP contribution in [0.5, 0.6) is 5.75 Å². The predicted octanol–water partition coefficient (Wildman–Crippen LogP) is 4.35. The summed E-state index contributed by atoms with van der Waals surface area (Å²) in [5, 5.41) is 4.34. The highest BCUT2D eigenvalue weighted by Gasteiger charge is 2.31. The van der Waals surface area contributed by atoms with Crippen LogP contribution in [0.4, 0.5) is 4.79 Å². The van der Waals surface area contributed by atoms with Gasteiger partial charge in [0.25, 0.3) is 0 Å². The minimum Gasteiger partial charge on any atom is -0.491 e. The molecule has 4 heterocycles. The Kier molecular flexibility index (Phi) is 6.92. The van der Waals surface area contributed by atoms with Gasteiger partial charge in [0.1, 0.15) is 35.8 Å². The molecule has 2 aliphatic rings. The molecule has 2 aliphatic heterocycles. The first-order valence-corrected chi connectivity index (χ1v) is 13.1. The highest BCUT2D eigenvalue weighted by Crippen LogP contribution is 2.38. The maximum absolute atomic E-state index is 12.8. The first-order chi connectivity index (χ1) is 18.6. The van der Waals surface area contributed by atoms with Gasteiger partial charge in [-0.15, -0.1) is 0 Å². The van der Waals surface area contributed by atoms with E-state index in [1.807, 2.05) is 49.8 Å². The van der Waals surface area contributed by atoms with Crippen molar-refractivity contribution in [1.82, 2.24) is 29.2 Å². The van der Waals surface area contributed by atoms with Gasteiger partial charge >= 0.3 is 12.1 Å². The number of hydrogen-bond acceptors (Lipinski definition) is 8. The molecule has 3 aromatic rings. The molecule has 5 rings (SSSR count). The lowest BCUT2D eigenvalue weighted by Crippen LogP contribution is -2.41. The maximum atomic E-state index is 12.8. The summed E-state index contributed by atoms with van der Waals surface area (Å²) in [6, 6.07) is 6.02. The number of rotatable bonds is 4. The molecule has 0 atom stereocenters. The van der Waals surface area contributed by atoms with Gasteiger partial charge < -0.3 is 23.7 Å². The Morgan fingerprint density at radius 3 is 2.64 bits per heavy atom. The molecule has 0 unspecified atom stereocenters. The van der Waals surface area contributed by atoms with E-state index in [2.05, 4.69) is 28.5 Å². The number of esters is 1. The quantitative estimate of drug-likeness (QED) is 0.454. The number of benzene rings is 1. The number of carbonyl (C=O) groups excluding carboxylic acids is 2. The molecule has 0 saturated carbocycles. The first kappa shape index (κ1) is 26.5. The summed E-state index contributed by atoms with van der Waals surface area (Å²) in [5.41, 5.74) is 3.07. The van der Waals surface area contributed by atoms with Gasteiger partial charge in [-0.05, 0) is 64.3 Å². The number of methoxy groups -OCH3 is 1. The molecule has 11 nitrogen and oxygen atoms in total. The first-order valence-electron chi connectivity index (χ1n) is 13.1. The number of ether oxygens (including phenoxy) is 3. The average Bonchev–Trinajstić information content (AvgIpc) is 3.51. The van der Waals surface area contributed by atoms with Gasteiger partial charge in [0, 0.05) is 18.8 Å². The summed E-state index contributed by atoms with van der Waals surface area (Å²) >= 11 is 0. The molecule has 1 aromatic carbocycles. The number of imidazole rings is 1. The van der Waals surface area contributed by atoms with E-state index in [-0.39, 0.29) is 12.6 Å². The van der Waals surface area contributed by atoms with E-state index in [0.29, 0.717) is 43.3 Å². The van der Waals surface area contributed by atoms with Gasteiger partial charge in [0.2, 0.25) is 0 Å². The molecule has 0 bridgehead atoms. The van der Waals surface area contributed by atoms with Crippen LogP contribution in [0, 0.1) is 0 Å². The summed E-state index contributed by atoms with van der Waals surface area (Å²) in [6.45, 7) is 11.2. The van der Waals surface area contributed by atoms with Crippen LogP contribution in [-0.2, 0) is 20.8 Å². The monoisotopic (exact) mass is 534 g/mol. The van der Waals surface area contributed by atoms with Crippen LogP contribution < -0.4 is 4.74 Å². The number of aromatic nitrogens is 5. The highest BCUT2D eigenvalue weighted by molar-refractivity contribution is 5.99. The third-order valence-corrected chi connectivity index (χ3v) is 6.66. The van der Waals surface area contributed by atoms with E-state index in [0.717, 1.165) is 28.2 Å². The number of carbonyl (C=O) groups is 2. The molecule has 0 spiro atoms. The smallest absolute Gasteiger partial charge is 0.410 e. The molecule has 0 radical (unpaired) electrons. The van der Waals surface area contributed by atoms with Crippen molar-refractivity contribution in [3.63, 3.8) is 0 Å².